The fraction of sp³-hybridized carbons (Fsp3) is 0.192. The van der Waals surface area contributed by atoms with Crippen LogP contribution in [0.2, 0.25) is 0 Å². The van der Waals surface area contributed by atoms with E-state index in [1.54, 1.807) is 6.07 Å². The molecule has 1 aromatic heterocycles. The minimum atomic E-state index is -0.257. The maximum Gasteiger partial charge on any atom is 0.123 e. The smallest absolute Gasteiger partial charge is 0.123 e. The van der Waals surface area contributed by atoms with Crippen LogP contribution in [0.15, 0.2) is 78.9 Å². The molecular weight excluding hydrogens is 373 g/mol. The van der Waals surface area contributed by atoms with Gasteiger partial charge in [-0.25, -0.2) is 9.37 Å². The second kappa shape index (κ2) is 8.54. The molecule has 0 saturated carbocycles. The fourth-order valence-electron chi connectivity index (χ4n) is 3.65. The highest BCUT2D eigenvalue weighted by Crippen LogP contribution is 2.32. The van der Waals surface area contributed by atoms with Crippen molar-refractivity contribution in [2.45, 2.75) is 12.8 Å². The highest BCUT2D eigenvalue weighted by atomic mass is 19.1. The van der Waals surface area contributed by atoms with Gasteiger partial charge in [0.05, 0.1) is 11.2 Å². The number of nitrogens with zero attached hydrogens (tertiary/aromatic N) is 2. The van der Waals surface area contributed by atoms with Crippen molar-refractivity contribution < 1.29 is 4.39 Å². The Hall–Kier alpha value is -3.40. The van der Waals surface area contributed by atoms with Crippen LogP contribution in [0.25, 0.3) is 22.2 Å². The van der Waals surface area contributed by atoms with Crippen LogP contribution in [-0.2, 0) is 0 Å². The van der Waals surface area contributed by atoms with Gasteiger partial charge in [-0.1, -0.05) is 49.4 Å². The van der Waals surface area contributed by atoms with E-state index in [4.69, 9.17) is 4.98 Å². The van der Waals surface area contributed by atoms with Crippen molar-refractivity contribution in [3.8, 4) is 11.3 Å². The Bertz CT molecular complexity index is 1160. The Balaban J connectivity index is 1.65. The van der Waals surface area contributed by atoms with Crippen LogP contribution in [0.5, 0.6) is 0 Å². The number of aromatic nitrogens is 1. The van der Waals surface area contributed by atoms with Crippen LogP contribution in [0.3, 0.4) is 0 Å². The summed E-state index contributed by atoms with van der Waals surface area (Å²) in [7, 11) is 4.03. The third kappa shape index (κ3) is 4.28. The Morgan fingerprint density at radius 1 is 0.933 bits per heavy atom. The third-order valence-corrected chi connectivity index (χ3v) is 5.37. The highest BCUT2D eigenvalue weighted by molar-refractivity contribution is 5.96. The predicted molar refractivity (Wildman–Crippen MR) is 125 cm³/mol. The molecule has 30 heavy (non-hydrogen) atoms. The maximum atomic E-state index is 13.7. The average molecular weight is 400 g/mol. The van der Waals surface area contributed by atoms with Gasteiger partial charge in [-0.3, -0.25) is 0 Å². The zero-order valence-corrected chi connectivity index (χ0v) is 17.6. The minimum absolute atomic E-state index is 0.257. The van der Waals surface area contributed by atoms with Crippen LogP contribution < -0.4 is 10.2 Å². The number of rotatable bonds is 6. The summed E-state index contributed by atoms with van der Waals surface area (Å²) < 4.78 is 13.7. The van der Waals surface area contributed by atoms with E-state index in [0.29, 0.717) is 5.92 Å². The normalized spacial score (nSPS) is 12.0. The Morgan fingerprint density at radius 3 is 2.47 bits per heavy atom. The van der Waals surface area contributed by atoms with E-state index >= 15 is 0 Å². The number of halogens is 1. The summed E-state index contributed by atoms with van der Waals surface area (Å²) in [5.74, 6) is 0.150. The van der Waals surface area contributed by atoms with E-state index in [1.807, 2.05) is 38.4 Å². The van der Waals surface area contributed by atoms with Crippen molar-refractivity contribution in [2.75, 3.05) is 30.9 Å². The van der Waals surface area contributed by atoms with Crippen LogP contribution in [0.4, 0.5) is 15.8 Å². The molecular formula is C26H26FN3. The molecule has 4 heteroatoms. The lowest BCUT2D eigenvalue weighted by Gasteiger charge is -2.19. The summed E-state index contributed by atoms with van der Waals surface area (Å²) in [4.78, 5) is 6.87. The average Bonchev–Trinajstić information content (AvgIpc) is 2.77. The van der Waals surface area contributed by atoms with Gasteiger partial charge in [0.15, 0.2) is 0 Å². The van der Waals surface area contributed by atoms with E-state index in [0.717, 1.165) is 40.1 Å². The third-order valence-electron chi connectivity index (χ3n) is 5.37. The number of pyridine rings is 1. The van der Waals surface area contributed by atoms with Crippen LogP contribution in [0, 0.1) is 5.82 Å². The second-order valence-electron chi connectivity index (χ2n) is 7.86. The molecule has 0 aliphatic rings. The molecule has 0 spiro atoms. The minimum Gasteiger partial charge on any atom is -0.384 e. The molecule has 0 aliphatic carbocycles. The van der Waals surface area contributed by atoms with Gasteiger partial charge >= 0.3 is 0 Å². The molecule has 4 aromatic rings. The molecule has 3 nitrogen and oxygen atoms in total. The van der Waals surface area contributed by atoms with Crippen molar-refractivity contribution in [1.82, 2.24) is 4.98 Å². The summed E-state index contributed by atoms with van der Waals surface area (Å²) in [6, 6.07) is 25.3. The zero-order chi connectivity index (χ0) is 21.1. The lowest BCUT2D eigenvalue weighted by atomic mass is 10.0. The van der Waals surface area contributed by atoms with Gasteiger partial charge in [0.2, 0.25) is 0 Å². The fourth-order valence-corrected chi connectivity index (χ4v) is 3.65. The van der Waals surface area contributed by atoms with E-state index in [2.05, 4.69) is 53.5 Å². The van der Waals surface area contributed by atoms with Crippen molar-refractivity contribution in [1.29, 1.82) is 0 Å². The lowest BCUT2D eigenvalue weighted by molar-refractivity contribution is 0.628. The van der Waals surface area contributed by atoms with Gasteiger partial charge in [-0.2, -0.15) is 0 Å². The molecule has 1 atom stereocenters. The molecule has 0 fully saturated rings. The molecule has 152 valence electrons. The summed E-state index contributed by atoms with van der Waals surface area (Å²) >= 11 is 0. The molecule has 1 N–H and O–H groups in total. The van der Waals surface area contributed by atoms with E-state index in [-0.39, 0.29) is 5.82 Å². The highest BCUT2D eigenvalue weighted by Gasteiger charge is 2.11. The van der Waals surface area contributed by atoms with Gasteiger partial charge in [-0.15, -0.1) is 0 Å². The van der Waals surface area contributed by atoms with Gasteiger partial charge < -0.3 is 10.2 Å². The first-order valence-corrected chi connectivity index (χ1v) is 10.2. The lowest BCUT2D eigenvalue weighted by Crippen LogP contribution is -2.11. The number of fused-ring (bicyclic) bond motifs is 1. The van der Waals surface area contributed by atoms with Crippen molar-refractivity contribution in [3.63, 3.8) is 0 Å². The van der Waals surface area contributed by atoms with Gasteiger partial charge in [-0.05, 0) is 47.9 Å². The summed E-state index contributed by atoms with van der Waals surface area (Å²) in [6.07, 6.45) is 0. The summed E-state index contributed by atoms with van der Waals surface area (Å²) in [5.41, 5.74) is 5.87. The number of anilines is 2. The predicted octanol–water partition coefficient (Wildman–Crippen LogP) is 6.32. The Morgan fingerprint density at radius 2 is 1.73 bits per heavy atom. The molecule has 0 amide bonds. The molecule has 1 unspecified atom stereocenters. The molecule has 0 radical (unpaired) electrons. The molecule has 0 saturated heterocycles. The van der Waals surface area contributed by atoms with Gasteiger partial charge in [0.1, 0.15) is 5.82 Å². The van der Waals surface area contributed by atoms with E-state index < -0.39 is 0 Å². The van der Waals surface area contributed by atoms with Crippen LogP contribution >= 0.6 is 0 Å². The SMILES string of the molecule is CC(CNc1ccc2nc(-c3cccc(F)c3)cc(N(C)C)c2c1)c1ccccc1. The number of nitrogens with one attached hydrogen (secondary N) is 1. The van der Waals surface area contributed by atoms with Crippen LogP contribution in [0.1, 0.15) is 18.4 Å². The van der Waals surface area contributed by atoms with Gasteiger partial charge in [0, 0.05) is 43.0 Å². The monoisotopic (exact) mass is 399 g/mol. The topological polar surface area (TPSA) is 28.2 Å². The summed E-state index contributed by atoms with van der Waals surface area (Å²) in [5, 5.41) is 4.63. The van der Waals surface area contributed by atoms with E-state index in [1.165, 1.54) is 17.7 Å². The number of hydrogen-bond donors (Lipinski definition) is 1. The van der Waals surface area contributed by atoms with Crippen molar-refractivity contribution in [3.05, 3.63) is 90.2 Å². The first-order chi connectivity index (χ1) is 14.5. The van der Waals surface area contributed by atoms with Crippen LogP contribution in [-0.4, -0.2) is 25.6 Å². The van der Waals surface area contributed by atoms with E-state index in [9.17, 15) is 4.39 Å². The first-order valence-electron chi connectivity index (χ1n) is 10.2. The largest absolute Gasteiger partial charge is 0.384 e. The second-order valence-corrected chi connectivity index (χ2v) is 7.86. The van der Waals surface area contributed by atoms with Crippen molar-refractivity contribution >= 4 is 22.3 Å². The number of benzene rings is 3. The molecule has 3 aromatic carbocycles. The quantitative estimate of drug-likeness (QED) is 0.411. The first kappa shape index (κ1) is 19.9. The van der Waals surface area contributed by atoms with Gasteiger partial charge in [0.25, 0.3) is 0 Å². The summed E-state index contributed by atoms with van der Waals surface area (Å²) in [6.45, 7) is 3.07. The Kier molecular flexibility index (Phi) is 5.66. The molecule has 0 aliphatic heterocycles. The Labute approximate surface area is 177 Å². The number of hydrogen-bond acceptors (Lipinski definition) is 3. The zero-order valence-electron chi connectivity index (χ0n) is 17.6. The molecule has 4 rings (SSSR count). The van der Waals surface area contributed by atoms with Crippen molar-refractivity contribution in [2.24, 2.45) is 0 Å². The maximum absolute atomic E-state index is 13.7. The molecule has 0 bridgehead atoms. The molecule has 1 heterocycles. The standard InChI is InChI=1S/C26H26FN3/c1-18(19-8-5-4-6-9-19)17-28-22-12-13-24-23(15-22)26(30(2)3)16-25(29-24)20-10-7-11-21(27)14-20/h4-16,18,28H,17H2,1-3H3.